The molecule has 2 aromatic rings. The smallest absolute Gasteiger partial charge is 0.328 e. The van der Waals surface area contributed by atoms with Crippen molar-refractivity contribution in [3.8, 4) is 0 Å². The van der Waals surface area contributed by atoms with Crippen LogP contribution in [0, 0.1) is 0 Å². The van der Waals surface area contributed by atoms with E-state index in [0.29, 0.717) is 12.2 Å². The van der Waals surface area contributed by atoms with Gasteiger partial charge in [0, 0.05) is 18.1 Å². The van der Waals surface area contributed by atoms with Crippen LogP contribution < -0.4 is 0 Å². The van der Waals surface area contributed by atoms with Gasteiger partial charge in [0.05, 0.1) is 24.3 Å². The van der Waals surface area contributed by atoms with Gasteiger partial charge in [-0.1, -0.05) is 12.1 Å². The molecule has 6 heteroatoms. The summed E-state index contributed by atoms with van der Waals surface area (Å²) in [6.07, 6.45) is 1.76. The van der Waals surface area contributed by atoms with Gasteiger partial charge < -0.3 is 19.7 Å². The molecule has 6 nitrogen and oxygen atoms in total. The second kappa shape index (κ2) is 4.97. The Hall–Kier alpha value is -2.34. The summed E-state index contributed by atoms with van der Waals surface area (Å²) < 4.78 is 5.15. The van der Waals surface area contributed by atoms with E-state index in [9.17, 15) is 14.7 Å². The summed E-state index contributed by atoms with van der Waals surface area (Å²) in [5.41, 5.74) is 1.22. The van der Waals surface area contributed by atoms with Crippen LogP contribution in [0.2, 0.25) is 0 Å². The molecule has 1 fully saturated rings. The number of benzene rings is 1. The zero-order valence-corrected chi connectivity index (χ0v) is 10.7. The fraction of sp³-hybridized carbons (Fsp3) is 0.286. The Morgan fingerprint density at radius 3 is 3.00 bits per heavy atom. The molecule has 20 heavy (non-hydrogen) atoms. The van der Waals surface area contributed by atoms with Gasteiger partial charge in [-0.2, -0.15) is 0 Å². The Morgan fingerprint density at radius 2 is 2.20 bits per heavy atom. The minimum atomic E-state index is -1.04. The van der Waals surface area contributed by atoms with Gasteiger partial charge in [-0.15, -0.1) is 0 Å². The van der Waals surface area contributed by atoms with Crippen LogP contribution in [-0.2, 0) is 9.53 Å². The van der Waals surface area contributed by atoms with E-state index in [-0.39, 0.29) is 19.1 Å². The molecule has 0 bridgehead atoms. The van der Waals surface area contributed by atoms with Crippen molar-refractivity contribution in [1.82, 2.24) is 9.88 Å². The van der Waals surface area contributed by atoms with E-state index in [1.54, 1.807) is 18.3 Å². The highest BCUT2D eigenvalue weighted by Crippen LogP contribution is 2.20. The quantitative estimate of drug-likeness (QED) is 0.859. The average molecular weight is 274 g/mol. The highest BCUT2D eigenvalue weighted by molar-refractivity contribution is 6.06. The predicted molar refractivity (Wildman–Crippen MR) is 71.6 cm³/mol. The number of carboxylic acid groups (broad SMARTS) is 1. The molecule has 1 saturated heterocycles. The van der Waals surface area contributed by atoms with Crippen LogP contribution in [0.15, 0.2) is 30.5 Å². The van der Waals surface area contributed by atoms with E-state index in [0.717, 1.165) is 10.9 Å². The Bertz CT molecular complexity index is 664. The van der Waals surface area contributed by atoms with Gasteiger partial charge in [-0.25, -0.2) is 4.79 Å². The lowest BCUT2D eigenvalue weighted by Gasteiger charge is -2.33. The van der Waals surface area contributed by atoms with E-state index >= 15 is 0 Å². The second-order valence-corrected chi connectivity index (χ2v) is 4.67. The molecule has 2 N–H and O–H groups in total. The van der Waals surface area contributed by atoms with Crippen molar-refractivity contribution in [2.45, 2.75) is 6.04 Å². The van der Waals surface area contributed by atoms with E-state index in [4.69, 9.17) is 4.74 Å². The van der Waals surface area contributed by atoms with Crippen molar-refractivity contribution >= 4 is 22.8 Å². The molecule has 1 atom stereocenters. The molecule has 0 unspecified atom stereocenters. The summed E-state index contributed by atoms with van der Waals surface area (Å²) in [5, 5.41) is 10.1. The van der Waals surface area contributed by atoms with Crippen LogP contribution >= 0.6 is 0 Å². The number of carbonyl (C=O) groups is 2. The lowest BCUT2D eigenvalue weighted by Crippen LogP contribution is -2.52. The lowest BCUT2D eigenvalue weighted by atomic mass is 10.1. The molecule has 2 heterocycles. The fourth-order valence-corrected chi connectivity index (χ4v) is 2.47. The number of fused-ring (bicyclic) bond motifs is 1. The number of rotatable bonds is 2. The first-order valence-corrected chi connectivity index (χ1v) is 6.36. The number of aromatic amines is 1. The maximum absolute atomic E-state index is 12.6. The molecule has 3 rings (SSSR count). The normalized spacial score (nSPS) is 19.2. The van der Waals surface area contributed by atoms with Crippen molar-refractivity contribution in [3.63, 3.8) is 0 Å². The molecule has 1 aromatic heterocycles. The number of aromatic nitrogens is 1. The van der Waals surface area contributed by atoms with Crippen LogP contribution in [0.1, 0.15) is 10.4 Å². The van der Waals surface area contributed by atoms with E-state index < -0.39 is 12.0 Å². The number of H-pyrrole nitrogens is 1. The summed E-state index contributed by atoms with van der Waals surface area (Å²) >= 11 is 0. The van der Waals surface area contributed by atoms with Crippen LogP contribution in [-0.4, -0.2) is 52.7 Å². The molecule has 104 valence electrons. The van der Waals surface area contributed by atoms with Crippen LogP contribution in [0.5, 0.6) is 0 Å². The number of hydrogen-bond donors (Lipinski definition) is 2. The first-order chi connectivity index (χ1) is 9.68. The molecule has 1 aliphatic heterocycles. The van der Waals surface area contributed by atoms with Crippen LogP contribution in [0.4, 0.5) is 0 Å². The molecule has 0 spiro atoms. The van der Waals surface area contributed by atoms with Gasteiger partial charge in [-0.05, 0) is 12.1 Å². The standard InChI is InChI=1S/C14H14N2O4/c17-13(16-6-7-20-8-11(16)14(18)19)10-3-1-2-9-4-5-15-12(9)10/h1-5,11,15H,6-8H2,(H,18,19)/t11-/m1/s1. The number of para-hydroxylation sites is 1. The third-order valence-corrected chi connectivity index (χ3v) is 3.49. The number of hydrogen-bond acceptors (Lipinski definition) is 3. The first-order valence-electron chi connectivity index (χ1n) is 6.36. The number of carboxylic acids is 1. The third kappa shape index (κ3) is 2.04. The highest BCUT2D eigenvalue weighted by Gasteiger charge is 2.33. The minimum absolute atomic E-state index is 0.0295. The molecule has 1 aliphatic rings. The van der Waals surface area contributed by atoms with Crippen molar-refractivity contribution in [1.29, 1.82) is 0 Å². The SMILES string of the molecule is O=C(O)[C@H]1COCCN1C(=O)c1cccc2cc[nH]c12. The topological polar surface area (TPSA) is 82.6 Å². The minimum Gasteiger partial charge on any atom is -0.480 e. The number of carbonyl (C=O) groups excluding carboxylic acids is 1. The Morgan fingerprint density at radius 1 is 1.35 bits per heavy atom. The Balaban J connectivity index is 1.98. The number of ether oxygens (including phenoxy) is 1. The monoisotopic (exact) mass is 274 g/mol. The van der Waals surface area contributed by atoms with Gasteiger partial charge in [0.25, 0.3) is 5.91 Å². The van der Waals surface area contributed by atoms with Crippen molar-refractivity contribution in [2.75, 3.05) is 19.8 Å². The summed E-state index contributed by atoms with van der Waals surface area (Å²) in [7, 11) is 0. The largest absolute Gasteiger partial charge is 0.480 e. The maximum atomic E-state index is 12.6. The zero-order valence-electron chi connectivity index (χ0n) is 10.7. The van der Waals surface area contributed by atoms with Gasteiger partial charge >= 0.3 is 5.97 Å². The van der Waals surface area contributed by atoms with E-state index in [1.165, 1.54) is 4.90 Å². The zero-order chi connectivity index (χ0) is 14.1. The van der Waals surface area contributed by atoms with Gasteiger partial charge in [0.1, 0.15) is 0 Å². The molecular formula is C14H14N2O4. The van der Waals surface area contributed by atoms with Gasteiger partial charge in [-0.3, -0.25) is 4.79 Å². The summed E-state index contributed by atoms with van der Waals surface area (Å²) in [6, 6.07) is 6.34. The molecule has 0 saturated carbocycles. The van der Waals surface area contributed by atoms with Crippen LogP contribution in [0.3, 0.4) is 0 Å². The molecule has 1 aromatic carbocycles. The van der Waals surface area contributed by atoms with Crippen molar-refractivity contribution in [2.24, 2.45) is 0 Å². The van der Waals surface area contributed by atoms with Crippen molar-refractivity contribution < 1.29 is 19.4 Å². The Kier molecular flexibility index (Phi) is 3.15. The number of morpholine rings is 1. The first kappa shape index (κ1) is 12.7. The summed E-state index contributed by atoms with van der Waals surface area (Å²) in [6.45, 7) is 0.672. The Labute approximate surface area is 114 Å². The second-order valence-electron chi connectivity index (χ2n) is 4.67. The van der Waals surface area contributed by atoms with Crippen LogP contribution in [0.25, 0.3) is 10.9 Å². The molecule has 0 aliphatic carbocycles. The maximum Gasteiger partial charge on any atom is 0.328 e. The van der Waals surface area contributed by atoms with Gasteiger partial charge in [0.15, 0.2) is 6.04 Å². The molecule has 0 radical (unpaired) electrons. The number of nitrogens with zero attached hydrogens (tertiary/aromatic N) is 1. The van der Waals surface area contributed by atoms with Gasteiger partial charge in [0.2, 0.25) is 0 Å². The number of nitrogens with one attached hydrogen (secondary N) is 1. The third-order valence-electron chi connectivity index (χ3n) is 3.49. The number of aliphatic carboxylic acids is 1. The highest BCUT2D eigenvalue weighted by atomic mass is 16.5. The molecular weight excluding hydrogens is 260 g/mol. The lowest BCUT2D eigenvalue weighted by molar-refractivity contribution is -0.147. The summed E-state index contributed by atoms with van der Waals surface area (Å²) in [4.78, 5) is 28.2. The van der Waals surface area contributed by atoms with E-state index in [1.807, 2.05) is 12.1 Å². The van der Waals surface area contributed by atoms with Crippen molar-refractivity contribution in [3.05, 3.63) is 36.0 Å². The number of amides is 1. The van der Waals surface area contributed by atoms with E-state index in [2.05, 4.69) is 4.98 Å². The predicted octanol–water partition coefficient (Wildman–Crippen LogP) is 1.09. The fourth-order valence-electron chi connectivity index (χ4n) is 2.47. The summed E-state index contributed by atoms with van der Waals surface area (Å²) in [5.74, 6) is -1.33. The molecule has 1 amide bonds. The average Bonchev–Trinajstić information content (AvgIpc) is 2.94.